The first kappa shape index (κ1) is 12.7. The van der Waals surface area contributed by atoms with Crippen LogP contribution < -0.4 is 5.73 Å². The Morgan fingerprint density at radius 1 is 1.32 bits per heavy atom. The van der Waals surface area contributed by atoms with Gasteiger partial charge in [0.25, 0.3) is 0 Å². The van der Waals surface area contributed by atoms with E-state index in [1.807, 2.05) is 0 Å². The quantitative estimate of drug-likeness (QED) is 0.916. The van der Waals surface area contributed by atoms with Gasteiger partial charge in [0.15, 0.2) is 0 Å². The molecule has 0 spiro atoms. The summed E-state index contributed by atoms with van der Waals surface area (Å²) in [4.78, 5) is 0. The SMILES string of the molecule is CC1CCC(Cn2ccc3ccc(CCN)cc32)O1. The van der Waals surface area contributed by atoms with Crippen molar-refractivity contribution in [2.75, 3.05) is 6.54 Å². The summed E-state index contributed by atoms with van der Waals surface area (Å²) < 4.78 is 8.24. The van der Waals surface area contributed by atoms with Gasteiger partial charge in [0.1, 0.15) is 0 Å². The molecule has 3 rings (SSSR count). The molecule has 1 aromatic carbocycles. The van der Waals surface area contributed by atoms with Gasteiger partial charge >= 0.3 is 0 Å². The number of rotatable bonds is 4. The molecule has 0 amide bonds. The fourth-order valence-electron chi connectivity index (χ4n) is 2.95. The maximum atomic E-state index is 5.92. The number of hydrogen-bond acceptors (Lipinski definition) is 2. The molecule has 2 N–H and O–H groups in total. The van der Waals surface area contributed by atoms with E-state index in [2.05, 4.69) is 42.0 Å². The second-order valence-corrected chi connectivity index (χ2v) is 5.55. The molecule has 1 fully saturated rings. The number of nitrogens with zero attached hydrogens (tertiary/aromatic N) is 1. The molecule has 2 atom stereocenters. The third-order valence-corrected chi connectivity index (χ3v) is 3.99. The molecule has 0 radical (unpaired) electrons. The number of nitrogens with two attached hydrogens (primary N) is 1. The number of hydrogen-bond donors (Lipinski definition) is 1. The molecule has 3 nitrogen and oxygen atoms in total. The van der Waals surface area contributed by atoms with Gasteiger partial charge in [-0.05, 0) is 55.8 Å². The van der Waals surface area contributed by atoms with E-state index in [1.165, 1.54) is 29.3 Å². The van der Waals surface area contributed by atoms with E-state index in [4.69, 9.17) is 10.5 Å². The van der Waals surface area contributed by atoms with Crippen LogP contribution in [0.5, 0.6) is 0 Å². The molecular formula is C16H22N2O. The Morgan fingerprint density at radius 3 is 2.95 bits per heavy atom. The molecule has 0 aliphatic carbocycles. The zero-order valence-corrected chi connectivity index (χ0v) is 11.5. The van der Waals surface area contributed by atoms with Gasteiger partial charge in [0, 0.05) is 18.3 Å². The van der Waals surface area contributed by atoms with Crippen LogP contribution in [0.1, 0.15) is 25.3 Å². The van der Waals surface area contributed by atoms with Crippen LogP contribution in [-0.4, -0.2) is 23.3 Å². The highest BCUT2D eigenvalue weighted by Gasteiger charge is 2.22. The van der Waals surface area contributed by atoms with Crippen molar-refractivity contribution >= 4 is 10.9 Å². The zero-order chi connectivity index (χ0) is 13.2. The van der Waals surface area contributed by atoms with Crippen molar-refractivity contribution in [1.82, 2.24) is 4.57 Å². The third-order valence-electron chi connectivity index (χ3n) is 3.99. The van der Waals surface area contributed by atoms with E-state index in [0.717, 1.165) is 13.0 Å². The molecule has 0 saturated carbocycles. The number of fused-ring (bicyclic) bond motifs is 1. The Hall–Kier alpha value is -1.32. The fraction of sp³-hybridized carbons (Fsp3) is 0.500. The predicted molar refractivity (Wildman–Crippen MR) is 78.3 cm³/mol. The minimum absolute atomic E-state index is 0.365. The number of aromatic nitrogens is 1. The van der Waals surface area contributed by atoms with Crippen LogP contribution in [0.4, 0.5) is 0 Å². The monoisotopic (exact) mass is 258 g/mol. The molecule has 3 heteroatoms. The summed E-state index contributed by atoms with van der Waals surface area (Å²) in [5, 5.41) is 1.30. The summed E-state index contributed by atoms with van der Waals surface area (Å²) in [6.45, 7) is 3.82. The smallest absolute Gasteiger partial charge is 0.0758 e. The number of benzene rings is 1. The largest absolute Gasteiger partial charge is 0.373 e. The van der Waals surface area contributed by atoms with Gasteiger partial charge in [-0.1, -0.05) is 12.1 Å². The average Bonchev–Trinajstić information content (AvgIpc) is 2.98. The van der Waals surface area contributed by atoms with Gasteiger partial charge in [-0.15, -0.1) is 0 Å². The van der Waals surface area contributed by atoms with Crippen LogP contribution in [0.15, 0.2) is 30.5 Å². The van der Waals surface area contributed by atoms with Gasteiger partial charge in [-0.25, -0.2) is 0 Å². The fourth-order valence-corrected chi connectivity index (χ4v) is 2.95. The van der Waals surface area contributed by atoms with Crippen LogP contribution in [0, 0.1) is 0 Å². The maximum Gasteiger partial charge on any atom is 0.0758 e. The second kappa shape index (κ2) is 5.35. The second-order valence-electron chi connectivity index (χ2n) is 5.55. The Balaban J connectivity index is 1.84. The van der Waals surface area contributed by atoms with Crippen molar-refractivity contribution in [1.29, 1.82) is 0 Å². The molecular weight excluding hydrogens is 236 g/mol. The standard InChI is InChI=1S/C16H22N2O/c1-12-2-5-15(19-12)11-18-9-7-14-4-3-13(6-8-17)10-16(14)18/h3-4,7,9-10,12,15H,2,5-6,8,11,17H2,1H3. The van der Waals surface area contributed by atoms with Gasteiger partial charge in [-0.3, -0.25) is 0 Å². The first-order chi connectivity index (χ1) is 9.26. The highest BCUT2D eigenvalue weighted by atomic mass is 16.5. The Kier molecular flexibility index (Phi) is 3.58. The molecule has 1 aliphatic rings. The molecule has 2 heterocycles. The van der Waals surface area contributed by atoms with E-state index in [1.54, 1.807) is 0 Å². The molecule has 102 valence electrons. The molecule has 19 heavy (non-hydrogen) atoms. The molecule has 2 aromatic rings. The highest BCUT2D eigenvalue weighted by molar-refractivity contribution is 5.80. The van der Waals surface area contributed by atoms with Crippen LogP contribution in [0.25, 0.3) is 10.9 Å². The summed E-state index contributed by atoms with van der Waals surface area (Å²) in [7, 11) is 0. The lowest BCUT2D eigenvalue weighted by atomic mass is 10.1. The van der Waals surface area contributed by atoms with Crippen molar-refractivity contribution in [2.24, 2.45) is 5.73 Å². The number of ether oxygens (including phenoxy) is 1. The maximum absolute atomic E-state index is 5.92. The van der Waals surface area contributed by atoms with Gasteiger partial charge < -0.3 is 15.0 Å². The lowest BCUT2D eigenvalue weighted by Crippen LogP contribution is -2.15. The Morgan fingerprint density at radius 2 is 2.21 bits per heavy atom. The topological polar surface area (TPSA) is 40.2 Å². The minimum atomic E-state index is 0.365. The van der Waals surface area contributed by atoms with Crippen molar-refractivity contribution in [3.63, 3.8) is 0 Å². The molecule has 1 aromatic heterocycles. The van der Waals surface area contributed by atoms with E-state index < -0.39 is 0 Å². The predicted octanol–water partition coefficient (Wildman–Crippen LogP) is 2.71. The first-order valence-electron chi connectivity index (χ1n) is 7.19. The van der Waals surface area contributed by atoms with E-state index >= 15 is 0 Å². The van der Waals surface area contributed by atoms with Crippen LogP contribution in [0.3, 0.4) is 0 Å². The van der Waals surface area contributed by atoms with Gasteiger partial charge in [0.2, 0.25) is 0 Å². The summed E-state index contributed by atoms with van der Waals surface area (Å²) >= 11 is 0. The van der Waals surface area contributed by atoms with Crippen LogP contribution in [0.2, 0.25) is 0 Å². The molecule has 1 saturated heterocycles. The molecule has 2 unspecified atom stereocenters. The van der Waals surface area contributed by atoms with E-state index in [0.29, 0.717) is 18.8 Å². The van der Waals surface area contributed by atoms with Crippen molar-refractivity contribution in [3.8, 4) is 0 Å². The minimum Gasteiger partial charge on any atom is -0.373 e. The van der Waals surface area contributed by atoms with Crippen molar-refractivity contribution < 1.29 is 4.74 Å². The van der Waals surface area contributed by atoms with E-state index in [9.17, 15) is 0 Å². The molecule has 1 aliphatic heterocycles. The highest BCUT2D eigenvalue weighted by Crippen LogP contribution is 2.24. The van der Waals surface area contributed by atoms with Gasteiger partial charge in [0.05, 0.1) is 12.2 Å². The summed E-state index contributed by atoms with van der Waals surface area (Å²) in [6, 6.07) is 8.81. The summed E-state index contributed by atoms with van der Waals surface area (Å²) in [5.74, 6) is 0. The summed E-state index contributed by atoms with van der Waals surface area (Å²) in [5.41, 5.74) is 8.25. The molecule has 0 bridgehead atoms. The normalized spacial score (nSPS) is 23.3. The zero-order valence-electron chi connectivity index (χ0n) is 11.5. The summed E-state index contributed by atoms with van der Waals surface area (Å²) in [6.07, 6.45) is 6.25. The first-order valence-corrected chi connectivity index (χ1v) is 7.19. The average molecular weight is 258 g/mol. The van der Waals surface area contributed by atoms with Crippen molar-refractivity contribution in [3.05, 3.63) is 36.0 Å². The van der Waals surface area contributed by atoms with E-state index in [-0.39, 0.29) is 0 Å². The Bertz CT molecular complexity index is 561. The van der Waals surface area contributed by atoms with Crippen LogP contribution >= 0.6 is 0 Å². The van der Waals surface area contributed by atoms with Crippen molar-refractivity contribution in [2.45, 2.75) is 44.9 Å². The lowest BCUT2D eigenvalue weighted by Gasteiger charge is -2.13. The third kappa shape index (κ3) is 2.67. The van der Waals surface area contributed by atoms with Gasteiger partial charge in [-0.2, -0.15) is 0 Å². The Labute approximate surface area is 114 Å². The van der Waals surface area contributed by atoms with Crippen LogP contribution in [-0.2, 0) is 17.7 Å². The lowest BCUT2D eigenvalue weighted by molar-refractivity contribution is 0.0465.